The van der Waals surface area contributed by atoms with Gasteiger partial charge in [-0.15, -0.1) is 11.3 Å². The summed E-state index contributed by atoms with van der Waals surface area (Å²) in [5.74, 6) is 3.18. The molecule has 17 heavy (non-hydrogen) atoms. The predicted octanol–water partition coefficient (Wildman–Crippen LogP) is 2.46. The first-order valence-electron chi connectivity index (χ1n) is 5.45. The fourth-order valence-electron chi connectivity index (χ4n) is 1.35. The molecular formula is C11H14N2O2S2. The van der Waals surface area contributed by atoms with E-state index >= 15 is 0 Å². The summed E-state index contributed by atoms with van der Waals surface area (Å²) in [6.07, 6.45) is 1.80. The Balaban J connectivity index is 1.79. The molecule has 0 atom stereocenters. The lowest BCUT2D eigenvalue weighted by atomic mass is 10.3. The fourth-order valence-corrected chi connectivity index (χ4v) is 2.69. The first-order chi connectivity index (χ1) is 8.40. The van der Waals surface area contributed by atoms with Gasteiger partial charge in [-0.05, 0) is 23.6 Å². The Labute approximate surface area is 108 Å². The van der Waals surface area contributed by atoms with E-state index in [-0.39, 0.29) is 6.61 Å². The summed E-state index contributed by atoms with van der Waals surface area (Å²) in [5, 5.41) is 14.6. The molecule has 6 heteroatoms. The quantitative estimate of drug-likeness (QED) is 0.783. The van der Waals surface area contributed by atoms with E-state index in [2.05, 4.69) is 10.1 Å². The molecule has 0 aromatic carbocycles. The molecular weight excluding hydrogens is 256 g/mol. The molecule has 0 amide bonds. The number of aliphatic hydroxyl groups is 1. The van der Waals surface area contributed by atoms with Crippen LogP contribution in [0.15, 0.2) is 22.0 Å². The lowest BCUT2D eigenvalue weighted by Crippen LogP contribution is -1.91. The first kappa shape index (κ1) is 12.6. The Morgan fingerprint density at radius 1 is 1.41 bits per heavy atom. The van der Waals surface area contributed by atoms with Crippen LogP contribution in [-0.4, -0.2) is 33.4 Å². The minimum atomic E-state index is 0.244. The molecule has 0 bridgehead atoms. The van der Waals surface area contributed by atoms with Gasteiger partial charge in [-0.1, -0.05) is 11.2 Å². The smallest absolute Gasteiger partial charge is 0.227 e. The summed E-state index contributed by atoms with van der Waals surface area (Å²) in [4.78, 5) is 5.38. The van der Waals surface area contributed by atoms with Crippen LogP contribution in [0.3, 0.4) is 0 Å². The molecule has 0 aliphatic rings. The number of nitrogens with zero attached hydrogens (tertiary/aromatic N) is 2. The highest BCUT2D eigenvalue weighted by atomic mass is 32.2. The number of thiophene rings is 1. The van der Waals surface area contributed by atoms with Crippen molar-refractivity contribution in [1.29, 1.82) is 0 Å². The lowest BCUT2D eigenvalue weighted by Gasteiger charge is -1.95. The van der Waals surface area contributed by atoms with Gasteiger partial charge in [0.15, 0.2) is 0 Å². The highest BCUT2D eigenvalue weighted by molar-refractivity contribution is 7.99. The second kappa shape index (κ2) is 6.78. The summed E-state index contributed by atoms with van der Waals surface area (Å²) in [5.41, 5.74) is 0. The Morgan fingerprint density at radius 2 is 2.35 bits per heavy atom. The van der Waals surface area contributed by atoms with Gasteiger partial charge in [-0.25, -0.2) is 0 Å². The van der Waals surface area contributed by atoms with Gasteiger partial charge in [0.2, 0.25) is 11.7 Å². The monoisotopic (exact) mass is 270 g/mol. The zero-order chi connectivity index (χ0) is 11.9. The van der Waals surface area contributed by atoms with Gasteiger partial charge in [0, 0.05) is 12.2 Å². The zero-order valence-electron chi connectivity index (χ0n) is 9.33. The molecule has 0 spiro atoms. The molecule has 0 saturated heterocycles. The van der Waals surface area contributed by atoms with Crippen LogP contribution in [0.1, 0.15) is 12.3 Å². The van der Waals surface area contributed by atoms with Crippen molar-refractivity contribution in [3.8, 4) is 10.7 Å². The summed E-state index contributed by atoms with van der Waals surface area (Å²) in [6, 6.07) is 3.96. The highest BCUT2D eigenvalue weighted by Crippen LogP contribution is 2.21. The average molecular weight is 270 g/mol. The number of hydrogen-bond donors (Lipinski definition) is 1. The van der Waals surface area contributed by atoms with Gasteiger partial charge in [0.1, 0.15) is 0 Å². The molecule has 2 rings (SSSR count). The van der Waals surface area contributed by atoms with Crippen LogP contribution in [0, 0.1) is 0 Å². The maximum absolute atomic E-state index is 8.63. The summed E-state index contributed by atoms with van der Waals surface area (Å²) in [6.45, 7) is 0.244. The Kier molecular flexibility index (Phi) is 5.03. The molecule has 0 aliphatic heterocycles. The van der Waals surface area contributed by atoms with Crippen LogP contribution in [0.2, 0.25) is 0 Å². The van der Waals surface area contributed by atoms with Crippen molar-refractivity contribution in [3.05, 3.63) is 23.4 Å². The predicted molar refractivity (Wildman–Crippen MR) is 70.3 cm³/mol. The van der Waals surface area contributed by atoms with Crippen LogP contribution in [0.25, 0.3) is 10.7 Å². The fraction of sp³-hybridized carbons (Fsp3) is 0.455. The average Bonchev–Trinajstić information content (AvgIpc) is 2.99. The van der Waals surface area contributed by atoms with Crippen molar-refractivity contribution in [2.45, 2.75) is 12.8 Å². The first-order valence-corrected chi connectivity index (χ1v) is 7.48. The molecule has 2 heterocycles. The third-order valence-corrected chi connectivity index (χ3v) is 4.04. The molecule has 0 fully saturated rings. The number of thioether (sulfide) groups is 1. The van der Waals surface area contributed by atoms with Crippen LogP contribution in [-0.2, 0) is 6.42 Å². The maximum Gasteiger partial charge on any atom is 0.227 e. The standard InChI is InChI=1S/C11H14N2O2S2/c14-5-8-16-6-2-4-10-12-11(13-15-10)9-3-1-7-17-9/h1,3,7,14H,2,4-6,8H2. The molecule has 0 aliphatic carbocycles. The van der Waals surface area contributed by atoms with Gasteiger partial charge in [-0.2, -0.15) is 16.7 Å². The van der Waals surface area contributed by atoms with E-state index in [1.807, 2.05) is 17.5 Å². The summed E-state index contributed by atoms with van der Waals surface area (Å²) >= 11 is 3.35. The molecule has 92 valence electrons. The summed E-state index contributed by atoms with van der Waals surface area (Å²) < 4.78 is 5.18. The molecule has 2 aromatic rings. The van der Waals surface area contributed by atoms with Crippen LogP contribution in [0.4, 0.5) is 0 Å². The minimum absolute atomic E-state index is 0.244. The second-order valence-corrected chi connectivity index (χ2v) is 5.60. The third-order valence-electron chi connectivity index (χ3n) is 2.12. The molecule has 2 aromatic heterocycles. The number of rotatable bonds is 7. The van der Waals surface area contributed by atoms with Gasteiger partial charge in [-0.3, -0.25) is 0 Å². The van der Waals surface area contributed by atoms with Gasteiger partial charge in [0.25, 0.3) is 0 Å². The van der Waals surface area contributed by atoms with Crippen molar-refractivity contribution in [2.24, 2.45) is 0 Å². The topological polar surface area (TPSA) is 59.2 Å². The minimum Gasteiger partial charge on any atom is -0.396 e. The number of hydrogen-bond acceptors (Lipinski definition) is 6. The van der Waals surface area contributed by atoms with Gasteiger partial charge in [0.05, 0.1) is 11.5 Å². The van der Waals surface area contributed by atoms with E-state index in [9.17, 15) is 0 Å². The van der Waals surface area contributed by atoms with Crippen LogP contribution < -0.4 is 0 Å². The van der Waals surface area contributed by atoms with Crippen molar-refractivity contribution in [1.82, 2.24) is 10.1 Å². The molecule has 0 unspecified atom stereocenters. The normalized spacial score (nSPS) is 10.9. The SMILES string of the molecule is OCCSCCCc1nc(-c2cccs2)no1. The van der Waals surface area contributed by atoms with E-state index in [0.717, 1.165) is 29.2 Å². The summed E-state index contributed by atoms with van der Waals surface area (Å²) in [7, 11) is 0. The highest BCUT2D eigenvalue weighted by Gasteiger charge is 2.08. The Morgan fingerprint density at radius 3 is 3.12 bits per heavy atom. The van der Waals surface area contributed by atoms with Crippen molar-refractivity contribution >= 4 is 23.1 Å². The third kappa shape index (κ3) is 3.83. The van der Waals surface area contributed by atoms with Crippen molar-refractivity contribution in [3.63, 3.8) is 0 Å². The van der Waals surface area contributed by atoms with E-state index in [4.69, 9.17) is 9.63 Å². The second-order valence-electron chi connectivity index (χ2n) is 3.43. The van der Waals surface area contributed by atoms with E-state index in [0.29, 0.717) is 11.7 Å². The number of aliphatic hydroxyl groups excluding tert-OH is 1. The number of aryl methyl sites for hydroxylation is 1. The van der Waals surface area contributed by atoms with Crippen LogP contribution >= 0.6 is 23.1 Å². The maximum atomic E-state index is 8.63. The van der Waals surface area contributed by atoms with E-state index < -0.39 is 0 Å². The molecule has 0 radical (unpaired) electrons. The zero-order valence-corrected chi connectivity index (χ0v) is 11.0. The lowest BCUT2D eigenvalue weighted by molar-refractivity contribution is 0.322. The molecule has 0 saturated carbocycles. The van der Waals surface area contributed by atoms with Crippen molar-refractivity contribution < 1.29 is 9.63 Å². The van der Waals surface area contributed by atoms with E-state index in [1.54, 1.807) is 23.1 Å². The largest absolute Gasteiger partial charge is 0.396 e. The molecule has 4 nitrogen and oxygen atoms in total. The van der Waals surface area contributed by atoms with Gasteiger partial charge < -0.3 is 9.63 Å². The molecule has 1 N–H and O–H groups in total. The van der Waals surface area contributed by atoms with Gasteiger partial charge >= 0.3 is 0 Å². The number of aromatic nitrogens is 2. The van der Waals surface area contributed by atoms with Crippen molar-refractivity contribution in [2.75, 3.05) is 18.1 Å². The van der Waals surface area contributed by atoms with E-state index in [1.165, 1.54) is 0 Å². The van der Waals surface area contributed by atoms with Crippen LogP contribution in [0.5, 0.6) is 0 Å². The Bertz CT molecular complexity index is 428. The Hall–Kier alpha value is -0.850.